The van der Waals surface area contributed by atoms with E-state index in [9.17, 15) is 18.0 Å². The van der Waals surface area contributed by atoms with Gasteiger partial charge in [-0.1, -0.05) is 0 Å². The molecule has 0 radical (unpaired) electrons. The summed E-state index contributed by atoms with van der Waals surface area (Å²) in [6, 6.07) is 2.08. The van der Waals surface area contributed by atoms with Crippen molar-refractivity contribution in [2.45, 2.75) is 19.7 Å². The smallest absolute Gasteiger partial charge is 0.418 e. The molecule has 1 aromatic heterocycles. The van der Waals surface area contributed by atoms with Crippen LogP contribution in [0.5, 0.6) is 0 Å². The average molecular weight is 219 g/mol. The number of aromatic nitrogens is 1. The van der Waals surface area contributed by atoms with E-state index in [4.69, 9.17) is 0 Å². The highest BCUT2D eigenvalue weighted by Crippen LogP contribution is 2.31. The fourth-order valence-electron chi connectivity index (χ4n) is 0.981. The van der Waals surface area contributed by atoms with Gasteiger partial charge in [-0.05, 0) is 12.1 Å². The standard InChI is InChI=1S/C9H8F3NO2/c1-6(14)15-5-8-7(9(10,11)12)3-2-4-13-8/h2-4H,5H2,1H3. The third-order valence-corrected chi connectivity index (χ3v) is 1.61. The molecule has 6 heteroatoms. The summed E-state index contributed by atoms with van der Waals surface area (Å²) >= 11 is 0. The van der Waals surface area contributed by atoms with Gasteiger partial charge < -0.3 is 4.74 Å². The minimum absolute atomic E-state index is 0.291. The number of hydrogen-bond donors (Lipinski definition) is 0. The van der Waals surface area contributed by atoms with Gasteiger partial charge in [0.15, 0.2) is 0 Å². The molecule has 0 aliphatic carbocycles. The van der Waals surface area contributed by atoms with Crippen molar-refractivity contribution in [3.63, 3.8) is 0 Å². The fraction of sp³-hybridized carbons (Fsp3) is 0.333. The lowest BCUT2D eigenvalue weighted by molar-refractivity contribution is -0.146. The van der Waals surface area contributed by atoms with Gasteiger partial charge in [0.1, 0.15) is 6.61 Å². The molecule has 15 heavy (non-hydrogen) atoms. The SMILES string of the molecule is CC(=O)OCc1ncccc1C(F)(F)F. The van der Waals surface area contributed by atoms with Crippen molar-refractivity contribution in [3.05, 3.63) is 29.6 Å². The van der Waals surface area contributed by atoms with Gasteiger partial charge in [-0.25, -0.2) is 0 Å². The molecule has 82 valence electrons. The first kappa shape index (κ1) is 11.5. The molecule has 0 atom stereocenters. The van der Waals surface area contributed by atoms with E-state index in [1.807, 2.05) is 0 Å². The van der Waals surface area contributed by atoms with Crippen LogP contribution in [-0.4, -0.2) is 11.0 Å². The van der Waals surface area contributed by atoms with Crippen LogP contribution < -0.4 is 0 Å². The second-order valence-corrected chi connectivity index (χ2v) is 2.78. The molecule has 0 fully saturated rings. The van der Waals surface area contributed by atoms with E-state index in [-0.39, 0.29) is 5.69 Å². The van der Waals surface area contributed by atoms with Crippen LogP contribution in [0, 0.1) is 0 Å². The van der Waals surface area contributed by atoms with E-state index < -0.39 is 24.3 Å². The van der Waals surface area contributed by atoms with Crippen molar-refractivity contribution < 1.29 is 22.7 Å². The molecular formula is C9H8F3NO2. The number of halogens is 3. The molecule has 0 unspecified atom stereocenters. The summed E-state index contributed by atoms with van der Waals surface area (Å²) in [6.07, 6.45) is -3.27. The Morgan fingerprint density at radius 3 is 2.73 bits per heavy atom. The van der Waals surface area contributed by atoms with E-state index >= 15 is 0 Å². The third kappa shape index (κ3) is 3.23. The lowest BCUT2D eigenvalue weighted by Crippen LogP contribution is -2.12. The number of nitrogens with zero attached hydrogens (tertiary/aromatic N) is 1. The average Bonchev–Trinajstić information content (AvgIpc) is 2.13. The molecule has 3 nitrogen and oxygen atoms in total. The molecule has 1 heterocycles. The monoisotopic (exact) mass is 219 g/mol. The number of rotatable bonds is 2. The van der Waals surface area contributed by atoms with E-state index in [0.717, 1.165) is 13.0 Å². The van der Waals surface area contributed by atoms with Crippen LogP contribution in [0.3, 0.4) is 0 Å². The highest BCUT2D eigenvalue weighted by atomic mass is 19.4. The van der Waals surface area contributed by atoms with Crippen molar-refractivity contribution >= 4 is 5.97 Å². The largest absolute Gasteiger partial charge is 0.459 e. The summed E-state index contributed by atoms with van der Waals surface area (Å²) in [7, 11) is 0. The zero-order valence-electron chi connectivity index (χ0n) is 7.84. The fourth-order valence-corrected chi connectivity index (χ4v) is 0.981. The Hall–Kier alpha value is -1.59. The van der Waals surface area contributed by atoms with Gasteiger partial charge >= 0.3 is 12.1 Å². The molecule has 0 aliphatic rings. The Bertz CT molecular complexity index is 363. The quantitative estimate of drug-likeness (QED) is 0.715. The Morgan fingerprint density at radius 1 is 1.53 bits per heavy atom. The molecule has 0 saturated heterocycles. The van der Waals surface area contributed by atoms with Crippen molar-refractivity contribution in [3.8, 4) is 0 Å². The number of carbonyl (C=O) groups is 1. The first-order valence-electron chi connectivity index (χ1n) is 4.05. The normalized spacial score (nSPS) is 11.2. The Labute approximate surface area is 83.9 Å². The summed E-state index contributed by atoms with van der Waals surface area (Å²) in [5.41, 5.74) is -1.17. The lowest BCUT2D eigenvalue weighted by atomic mass is 10.2. The molecule has 0 N–H and O–H groups in total. The molecule has 0 aromatic carbocycles. The minimum atomic E-state index is -4.48. The van der Waals surface area contributed by atoms with Crippen molar-refractivity contribution in [2.24, 2.45) is 0 Å². The number of carbonyl (C=O) groups excluding carboxylic acids is 1. The molecule has 1 aromatic rings. The molecule has 1 rings (SSSR count). The molecule has 0 aliphatic heterocycles. The van der Waals surface area contributed by atoms with E-state index in [2.05, 4.69) is 9.72 Å². The molecular weight excluding hydrogens is 211 g/mol. The van der Waals surface area contributed by atoms with Gasteiger partial charge in [0.25, 0.3) is 0 Å². The van der Waals surface area contributed by atoms with Crippen molar-refractivity contribution in [1.29, 1.82) is 0 Å². The number of ether oxygens (including phenoxy) is 1. The van der Waals surface area contributed by atoms with Gasteiger partial charge in [-0.2, -0.15) is 13.2 Å². The number of hydrogen-bond acceptors (Lipinski definition) is 3. The van der Waals surface area contributed by atoms with Gasteiger partial charge in [0, 0.05) is 13.1 Å². The minimum Gasteiger partial charge on any atom is -0.459 e. The first-order valence-corrected chi connectivity index (χ1v) is 4.05. The highest BCUT2D eigenvalue weighted by Gasteiger charge is 2.33. The van der Waals surface area contributed by atoms with Crippen LogP contribution in [0.2, 0.25) is 0 Å². The van der Waals surface area contributed by atoms with Crippen LogP contribution >= 0.6 is 0 Å². The zero-order valence-corrected chi connectivity index (χ0v) is 7.84. The van der Waals surface area contributed by atoms with E-state index in [0.29, 0.717) is 0 Å². The zero-order chi connectivity index (χ0) is 11.5. The van der Waals surface area contributed by atoms with Crippen LogP contribution in [0.15, 0.2) is 18.3 Å². The summed E-state index contributed by atoms with van der Waals surface area (Å²) in [5.74, 6) is -0.645. The Kier molecular flexibility index (Phi) is 3.28. The summed E-state index contributed by atoms with van der Waals surface area (Å²) in [5, 5.41) is 0. The number of pyridine rings is 1. The first-order chi connectivity index (χ1) is 6.91. The molecule has 0 bridgehead atoms. The van der Waals surface area contributed by atoms with Gasteiger partial charge in [-0.3, -0.25) is 9.78 Å². The number of alkyl halides is 3. The predicted molar refractivity (Wildman–Crippen MR) is 44.7 cm³/mol. The maximum Gasteiger partial charge on any atom is 0.418 e. The maximum absolute atomic E-state index is 12.4. The van der Waals surface area contributed by atoms with Crippen LogP contribution in [0.25, 0.3) is 0 Å². The third-order valence-electron chi connectivity index (χ3n) is 1.61. The van der Waals surface area contributed by atoms with Crippen molar-refractivity contribution in [1.82, 2.24) is 4.98 Å². The number of esters is 1. The van der Waals surface area contributed by atoms with Gasteiger partial charge in [0.05, 0.1) is 11.3 Å². The van der Waals surface area contributed by atoms with E-state index in [1.54, 1.807) is 0 Å². The predicted octanol–water partition coefficient (Wildman–Crippen LogP) is 2.16. The maximum atomic E-state index is 12.4. The lowest BCUT2D eigenvalue weighted by Gasteiger charge is -2.10. The molecule has 0 saturated carbocycles. The second-order valence-electron chi connectivity index (χ2n) is 2.78. The van der Waals surface area contributed by atoms with Crippen LogP contribution in [0.1, 0.15) is 18.2 Å². The molecule has 0 amide bonds. The van der Waals surface area contributed by atoms with Crippen LogP contribution in [-0.2, 0) is 22.3 Å². The topological polar surface area (TPSA) is 39.2 Å². The van der Waals surface area contributed by atoms with Gasteiger partial charge in [0.2, 0.25) is 0 Å². The summed E-state index contributed by atoms with van der Waals surface area (Å²) in [4.78, 5) is 14.0. The van der Waals surface area contributed by atoms with Crippen LogP contribution in [0.4, 0.5) is 13.2 Å². The van der Waals surface area contributed by atoms with Crippen molar-refractivity contribution in [2.75, 3.05) is 0 Å². The Balaban J connectivity index is 2.92. The highest BCUT2D eigenvalue weighted by molar-refractivity contribution is 5.65. The summed E-state index contributed by atoms with van der Waals surface area (Å²) < 4.78 is 41.6. The Morgan fingerprint density at radius 2 is 2.20 bits per heavy atom. The van der Waals surface area contributed by atoms with E-state index in [1.165, 1.54) is 12.3 Å². The molecule has 0 spiro atoms. The second kappa shape index (κ2) is 4.29. The van der Waals surface area contributed by atoms with Gasteiger partial charge in [-0.15, -0.1) is 0 Å². The summed E-state index contributed by atoms with van der Waals surface area (Å²) in [6.45, 7) is 0.654.